The van der Waals surface area contributed by atoms with Crippen molar-refractivity contribution in [2.24, 2.45) is 11.8 Å². The number of carbonyl (C=O) groups excluding carboxylic acids is 1. The van der Waals surface area contributed by atoms with E-state index in [-0.39, 0.29) is 17.4 Å². The number of carbonyl (C=O) groups is 1. The minimum atomic E-state index is -0.0380. The van der Waals surface area contributed by atoms with Gasteiger partial charge in [-0.15, -0.1) is 0 Å². The maximum Gasteiger partial charge on any atom is 0.253 e. The van der Waals surface area contributed by atoms with Crippen molar-refractivity contribution >= 4 is 16.9 Å². The number of aromatic nitrogens is 2. The summed E-state index contributed by atoms with van der Waals surface area (Å²) in [6, 6.07) is 17.9. The molecule has 6 rings (SSSR count). The Morgan fingerprint density at radius 3 is 2.56 bits per heavy atom. The summed E-state index contributed by atoms with van der Waals surface area (Å²) >= 11 is 0. The van der Waals surface area contributed by atoms with Crippen molar-refractivity contribution in [1.82, 2.24) is 14.5 Å². The van der Waals surface area contributed by atoms with E-state index in [0.29, 0.717) is 24.0 Å². The summed E-state index contributed by atoms with van der Waals surface area (Å²) in [7, 11) is 0. The molecule has 1 amide bonds. The average Bonchev–Trinajstić information content (AvgIpc) is 3.40. The van der Waals surface area contributed by atoms with Gasteiger partial charge in [0.1, 0.15) is 11.4 Å². The third-order valence-corrected chi connectivity index (χ3v) is 7.03. The standard InChI is InChI=1S/C28H27N3O3/c1-18-14-26(32)31(17-19-10-12-30(16-19)28(33)22-6-7-22)27(29-18)21-4-2-20(3-5-21)23-8-9-25-24(15-23)11-13-34-25/h2-5,8-9,11,13-15,19,22H,6-7,10,12,16-17H2,1H3/t19-/m1/s1. The fourth-order valence-corrected chi connectivity index (χ4v) is 5.00. The molecular formula is C28H27N3O3. The molecule has 2 aromatic carbocycles. The zero-order valence-electron chi connectivity index (χ0n) is 19.2. The summed E-state index contributed by atoms with van der Waals surface area (Å²) in [5.74, 6) is 1.49. The van der Waals surface area contributed by atoms with Crippen molar-refractivity contribution in [3.05, 3.63) is 76.9 Å². The van der Waals surface area contributed by atoms with Crippen LogP contribution in [0.4, 0.5) is 0 Å². The highest BCUT2D eigenvalue weighted by molar-refractivity contribution is 5.84. The lowest BCUT2D eigenvalue weighted by Gasteiger charge is -2.18. The Kier molecular flexibility index (Phi) is 5.09. The van der Waals surface area contributed by atoms with E-state index in [4.69, 9.17) is 9.40 Å². The lowest BCUT2D eigenvalue weighted by Crippen LogP contribution is -2.32. The molecule has 172 valence electrons. The molecule has 3 heterocycles. The van der Waals surface area contributed by atoms with Gasteiger partial charge in [-0.2, -0.15) is 0 Å². The van der Waals surface area contributed by atoms with Crippen LogP contribution in [0.25, 0.3) is 33.5 Å². The lowest BCUT2D eigenvalue weighted by atomic mass is 10.0. The van der Waals surface area contributed by atoms with Gasteiger partial charge in [0.2, 0.25) is 5.91 Å². The maximum absolute atomic E-state index is 13.0. The SMILES string of the molecule is Cc1cc(=O)n(C[C@@H]2CCN(C(=O)C3CC3)C2)c(-c2ccc(-c3ccc4occc4c3)cc2)n1. The summed E-state index contributed by atoms with van der Waals surface area (Å²) in [5.41, 5.74) is 4.67. The van der Waals surface area contributed by atoms with E-state index < -0.39 is 0 Å². The number of nitrogens with zero attached hydrogens (tertiary/aromatic N) is 3. The first-order valence-corrected chi connectivity index (χ1v) is 12.0. The van der Waals surface area contributed by atoms with Crippen LogP contribution in [0.3, 0.4) is 0 Å². The fourth-order valence-electron chi connectivity index (χ4n) is 5.00. The Morgan fingerprint density at radius 2 is 1.76 bits per heavy atom. The van der Waals surface area contributed by atoms with Gasteiger partial charge in [-0.1, -0.05) is 30.3 Å². The van der Waals surface area contributed by atoms with Gasteiger partial charge in [0, 0.05) is 48.3 Å². The molecule has 0 spiro atoms. The Bertz CT molecular complexity index is 1430. The highest BCUT2D eigenvalue weighted by Crippen LogP contribution is 2.33. The molecule has 0 bridgehead atoms. The Labute approximate surface area is 197 Å². The van der Waals surface area contributed by atoms with Crippen LogP contribution in [0.2, 0.25) is 0 Å². The number of amides is 1. The van der Waals surface area contributed by atoms with Crippen LogP contribution in [-0.2, 0) is 11.3 Å². The molecule has 4 aromatic rings. The van der Waals surface area contributed by atoms with Crippen LogP contribution < -0.4 is 5.56 Å². The second-order valence-electron chi connectivity index (χ2n) is 9.63. The van der Waals surface area contributed by atoms with Crippen molar-refractivity contribution in [2.45, 2.75) is 32.7 Å². The molecule has 2 aromatic heterocycles. The Morgan fingerprint density at radius 1 is 1.00 bits per heavy atom. The Balaban J connectivity index is 1.27. The third-order valence-electron chi connectivity index (χ3n) is 7.03. The normalized spacial score (nSPS) is 18.0. The van der Waals surface area contributed by atoms with Crippen LogP contribution in [-0.4, -0.2) is 33.4 Å². The molecule has 0 radical (unpaired) electrons. The largest absolute Gasteiger partial charge is 0.464 e. The van der Waals surface area contributed by atoms with Gasteiger partial charge in [-0.25, -0.2) is 4.98 Å². The molecule has 1 atom stereocenters. The number of hydrogen-bond donors (Lipinski definition) is 0. The molecule has 1 saturated heterocycles. The Hall–Kier alpha value is -3.67. The van der Waals surface area contributed by atoms with Crippen molar-refractivity contribution < 1.29 is 9.21 Å². The highest BCUT2D eigenvalue weighted by Gasteiger charge is 2.36. The van der Waals surface area contributed by atoms with Crippen LogP contribution in [0.15, 0.2) is 70.1 Å². The summed E-state index contributed by atoms with van der Waals surface area (Å²) in [5, 5.41) is 1.07. The highest BCUT2D eigenvalue weighted by atomic mass is 16.3. The fraction of sp³-hybridized carbons (Fsp3) is 0.321. The monoisotopic (exact) mass is 453 g/mol. The number of benzene rings is 2. The van der Waals surface area contributed by atoms with Gasteiger partial charge in [-0.3, -0.25) is 14.2 Å². The summed E-state index contributed by atoms with van der Waals surface area (Å²) in [6.45, 7) is 3.95. The topological polar surface area (TPSA) is 68.3 Å². The van der Waals surface area contributed by atoms with Crippen molar-refractivity contribution in [1.29, 1.82) is 0 Å². The third kappa shape index (κ3) is 3.94. The van der Waals surface area contributed by atoms with Crippen molar-refractivity contribution in [3.63, 3.8) is 0 Å². The van der Waals surface area contributed by atoms with Crippen LogP contribution in [0.5, 0.6) is 0 Å². The molecule has 6 nitrogen and oxygen atoms in total. The molecule has 0 unspecified atom stereocenters. The van der Waals surface area contributed by atoms with Crippen LogP contribution in [0.1, 0.15) is 25.0 Å². The number of likely N-dealkylation sites (tertiary alicyclic amines) is 1. The van der Waals surface area contributed by atoms with E-state index in [1.165, 1.54) is 0 Å². The van der Waals surface area contributed by atoms with Gasteiger partial charge in [0.05, 0.1) is 6.26 Å². The molecule has 34 heavy (non-hydrogen) atoms. The molecule has 0 N–H and O–H groups in total. The lowest BCUT2D eigenvalue weighted by molar-refractivity contribution is -0.131. The minimum Gasteiger partial charge on any atom is -0.464 e. The summed E-state index contributed by atoms with van der Waals surface area (Å²) < 4.78 is 7.23. The first-order valence-electron chi connectivity index (χ1n) is 12.0. The predicted molar refractivity (Wildman–Crippen MR) is 131 cm³/mol. The zero-order chi connectivity index (χ0) is 23.2. The first kappa shape index (κ1) is 20.9. The molecule has 1 saturated carbocycles. The quantitative estimate of drug-likeness (QED) is 0.431. The zero-order valence-corrected chi connectivity index (χ0v) is 19.2. The first-order chi connectivity index (χ1) is 16.5. The van der Waals surface area contributed by atoms with Crippen LogP contribution >= 0.6 is 0 Å². The van der Waals surface area contributed by atoms with E-state index >= 15 is 0 Å². The number of furan rings is 1. The van der Waals surface area contributed by atoms with Crippen molar-refractivity contribution in [2.75, 3.05) is 13.1 Å². The number of aryl methyl sites for hydroxylation is 1. The second-order valence-corrected chi connectivity index (χ2v) is 9.63. The molecular weight excluding hydrogens is 426 g/mol. The molecule has 2 fully saturated rings. The number of fused-ring (bicyclic) bond motifs is 1. The minimum absolute atomic E-state index is 0.0380. The van der Waals surface area contributed by atoms with Gasteiger partial charge in [-0.05, 0) is 61.4 Å². The van der Waals surface area contributed by atoms with Gasteiger partial charge in [0.25, 0.3) is 5.56 Å². The average molecular weight is 454 g/mol. The number of hydrogen-bond acceptors (Lipinski definition) is 4. The number of rotatable bonds is 5. The second kappa shape index (κ2) is 8.28. The molecule has 2 aliphatic rings. The summed E-state index contributed by atoms with van der Waals surface area (Å²) in [4.78, 5) is 32.2. The predicted octanol–water partition coefficient (Wildman–Crippen LogP) is 4.89. The van der Waals surface area contributed by atoms with Gasteiger partial charge in [0.15, 0.2) is 0 Å². The molecule has 1 aliphatic heterocycles. The molecule has 6 heteroatoms. The maximum atomic E-state index is 13.0. The van der Waals surface area contributed by atoms with E-state index in [0.717, 1.165) is 60.0 Å². The van der Waals surface area contributed by atoms with Gasteiger partial charge >= 0.3 is 0 Å². The van der Waals surface area contributed by atoms with E-state index in [2.05, 4.69) is 24.3 Å². The van der Waals surface area contributed by atoms with E-state index in [1.807, 2.05) is 36.1 Å². The van der Waals surface area contributed by atoms with Gasteiger partial charge < -0.3 is 9.32 Å². The van der Waals surface area contributed by atoms with Crippen molar-refractivity contribution in [3.8, 4) is 22.5 Å². The van der Waals surface area contributed by atoms with Crippen LogP contribution in [0, 0.1) is 18.8 Å². The van der Waals surface area contributed by atoms with E-state index in [1.54, 1.807) is 16.9 Å². The molecule has 1 aliphatic carbocycles. The smallest absolute Gasteiger partial charge is 0.253 e. The summed E-state index contributed by atoms with van der Waals surface area (Å²) in [6.07, 6.45) is 4.67. The van der Waals surface area contributed by atoms with E-state index in [9.17, 15) is 9.59 Å².